The highest BCUT2D eigenvalue weighted by Crippen LogP contribution is 2.42. The van der Waals surface area contributed by atoms with Crippen LogP contribution in [0.25, 0.3) is 44.7 Å². The summed E-state index contributed by atoms with van der Waals surface area (Å²) < 4.78 is 13.5. The molecule has 13 heteroatoms. The van der Waals surface area contributed by atoms with Crippen LogP contribution in [0.2, 0.25) is 10.0 Å². The van der Waals surface area contributed by atoms with E-state index >= 15 is 0 Å². The monoisotopic (exact) mass is 758 g/mol. The van der Waals surface area contributed by atoms with E-state index < -0.39 is 11.7 Å². The van der Waals surface area contributed by atoms with Gasteiger partial charge in [-0.05, 0) is 57.0 Å². The summed E-state index contributed by atoms with van der Waals surface area (Å²) >= 11 is 14.3. The maximum absolute atomic E-state index is 13.3. The second kappa shape index (κ2) is 16.1. The van der Waals surface area contributed by atoms with Gasteiger partial charge >= 0.3 is 6.09 Å². The average molecular weight is 760 g/mol. The number of hydrogen-bond donors (Lipinski definition) is 3. The smallest absolute Gasteiger partial charge is 0.410 e. The van der Waals surface area contributed by atoms with E-state index in [0.29, 0.717) is 59.5 Å². The lowest BCUT2D eigenvalue weighted by atomic mass is 9.99. The molecule has 0 radical (unpaired) electrons. The molecule has 0 unspecified atom stereocenters. The van der Waals surface area contributed by atoms with Gasteiger partial charge in [-0.15, -0.1) is 0 Å². The number of carbonyl (C=O) groups excluding carboxylic acids is 2. The van der Waals surface area contributed by atoms with Gasteiger partial charge in [0, 0.05) is 84.7 Å². The van der Waals surface area contributed by atoms with Crippen molar-refractivity contribution in [3.63, 3.8) is 0 Å². The summed E-state index contributed by atoms with van der Waals surface area (Å²) in [6.45, 7) is 7.19. The highest BCUT2D eigenvalue weighted by Gasteiger charge is 2.29. The Morgan fingerprint density at radius 2 is 1.85 bits per heavy atom. The minimum Gasteiger partial charge on any atom is -0.496 e. The largest absolute Gasteiger partial charge is 0.496 e. The first-order chi connectivity index (χ1) is 25.4. The molecular weight excluding hydrogens is 715 g/mol. The number of halogens is 2. The Bertz CT molecular complexity index is 2150. The average Bonchev–Trinajstić information content (AvgIpc) is 3.68. The summed E-state index contributed by atoms with van der Waals surface area (Å²) in [6, 6.07) is 17.1. The molecule has 0 saturated carbocycles. The Kier molecular flexibility index (Phi) is 11.6. The number of carbonyl (C=O) groups is 2. The number of pyridine rings is 2. The van der Waals surface area contributed by atoms with Crippen molar-refractivity contribution in [2.24, 2.45) is 7.05 Å². The van der Waals surface area contributed by atoms with E-state index in [1.54, 1.807) is 18.2 Å². The maximum atomic E-state index is 13.3. The van der Waals surface area contributed by atoms with Crippen LogP contribution in [-0.4, -0.2) is 75.0 Å². The van der Waals surface area contributed by atoms with Gasteiger partial charge in [0.2, 0.25) is 5.91 Å². The summed E-state index contributed by atoms with van der Waals surface area (Å²) in [5.41, 5.74) is 6.17. The standard InChI is InChI=1S/C40H44Cl2N6O5/c1-40(2,3)53-39(51)48(23-27-11-14-34(50)45-27)22-25-10-9-24(19-33(25)52-5)37-36(42)30(15-16-44-37)29-7-6-8-31(35(29)41)32-13-12-28-26(20-43-17-18-49)21-47(4)38(28)46-32/h6-10,12-13,15-16,19,21,27,43,49H,11,14,17-18,20,22-23H2,1-5H3,(H,45,50)/t27-/m0/s1. The summed E-state index contributed by atoms with van der Waals surface area (Å²) in [5.74, 6) is 0.522. The molecular formula is C40H44Cl2N6O5. The molecule has 1 aliphatic heterocycles. The quantitative estimate of drug-likeness (QED) is 0.112. The number of nitrogens with zero attached hydrogens (tertiary/aromatic N) is 4. The predicted molar refractivity (Wildman–Crippen MR) is 208 cm³/mol. The van der Waals surface area contributed by atoms with Crippen molar-refractivity contribution >= 4 is 46.2 Å². The number of benzene rings is 2. The Morgan fingerprint density at radius 3 is 2.57 bits per heavy atom. The van der Waals surface area contributed by atoms with Crippen molar-refractivity contribution in [3.05, 3.63) is 88.2 Å². The third-order valence-electron chi connectivity index (χ3n) is 9.06. The number of rotatable bonds is 12. The van der Waals surface area contributed by atoms with Crippen molar-refractivity contribution in [2.45, 2.75) is 58.3 Å². The zero-order chi connectivity index (χ0) is 37.9. The number of aliphatic hydroxyl groups is 1. The second-order valence-electron chi connectivity index (χ2n) is 14.1. The SMILES string of the molecule is COc1cc(-c2nccc(-c3cccc(-c4ccc5c(CNCCO)cn(C)c5n4)c3Cl)c2Cl)ccc1CN(C[C@@H]1CCC(=O)N1)C(=O)OC(C)(C)C. The molecule has 2 amide bonds. The highest BCUT2D eigenvalue weighted by molar-refractivity contribution is 6.39. The van der Waals surface area contributed by atoms with Gasteiger partial charge in [0.1, 0.15) is 17.0 Å². The molecule has 2 aromatic carbocycles. The Morgan fingerprint density at radius 1 is 1.08 bits per heavy atom. The first-order valence-corrected chi connectivity index (χ1v) is 18.3. The van der Waals surface area contributed by atoms with Crippen LogP contribution in [0.15, 0.2) is 67.0 Å². The first kappa shape index (κ1) is 38.1. The van der Waals surface area contributed by atoms with E-state index in [2.05, 4.69) is 15.6 Å². The fraction of sp³-hybridized carbons (Fsp3) is 0.350. The minimum absolute atomic E-state index is 0.0239. The number of aromatic nitrogens is 3. The van der Waals surface area contributed by atoms with Gasteiger partial charge in [-0.25, -0.2) is 9.78 Å². The van der Waals surface area contributed by atoms with E-state index in [4.69, 9.17) is 42.8 Å². The van der Waals surface area contributed by atoms with Crippen molar-refractivity contribution in [1.82, 2.24) is 30.1 Å². The molecule has 1 aliphatic rings. The van der Waals surface area contributed by atoms with Crippen molar-refractivity contribution in [1.29, 1.82) is 0 Å². The number of aryl methyl sites for hydroxylation is 1. The molecule has 11 nitrogen and oxygen atoms in total. The molecule has 0 aliphatic carbocycles. The van der Waals surface area contributed by atoms with Crippen LogP contribution in [0, 0.1) is 0 Å². The Balaban J connectivity index is 1.29. The molecule has 0 bridgehead atoms. The zero-order valence-electron chi connectivity index (χ0n) is 30.5. The van der Waals surface area contributed by atoms with Gasteiger partial charge in [-0.1, -0.05) is 53.5 Å². The number of ether oxygens (including phenoxy) is 2. The van der Waals surface area contributed by atoms with Crippen molar-refractivity contribution < 1.29 is 24.2 Å². The molecule has 5 aromatic rings. The lowest BCUT2D eigenvalue weighted by Gasteiger charge is -2.29. The predicted octanol–water partition coefficient (Wildman–Crippen LogP) is 7.38. The van der Waals surface area contributed by atoms with Crippen molar-refractivity contribution in [3.8, 4) is 39.4 Å². The van der Waals surface area contributed by atoms with Crippen molar-refractivity contribution in [2.75, 3.05) is 26.8 Å². The topological polar surface area (TPSA) is 131 Å². The second-order valence-corrected chi connectivity index (χ2v) is 14.9. The van der Waals surface area contributed by atoms with Crippen LogP contribution in [0.4, 0.5) is 4.79 Å². The molecule has 3 aromatic heterocycles. The van der Waals surface area contributed by atoms with Gasteiger partial charge < -0.3 is 34.7 Å². The molecule has 1 fully saturated rings. The molecule has 278 valence electrons. The van der Waals surface area contributed by atoms with E-state index in [1.165, 1.54) is 0 Å². The van der Waals surface area contributed by atoms with Gasteiger partial charge in [-0.3, -0.25) is 9.78 Å². The normalized spacial score (nSPS) is 14.4. The molecule has 53 heavy (non-hydrogen) atoms. The number of aliphatic hydroxyl groups excluding tert-OH is 1. The number of fused-ring (bicyclic) bond motifs is 1. The molecule has 0 spiro atoms. The van der Waals surface area contributed by atoms with Gasteiger partial charge in [-0.2, -0.15) is 0 Å². The lowest BCUT2D eigenvalue weighted by molar-refractivity contribution is -0.119. The van der Waals surface area contributed by atoms with E-state index in [-0.39, 0.29) is 25.1 Å². The molecule has 6 rings (SSSR count). The molecule has 3 N–H and O–H groups in total. The summed E-state index contributed by atoms with van der Waals surface area (Å²) in [6.07, 6.45) is 4.33. The van der Waals surface area contributed by atoms with E-state index in [1.807, 2.05) is 93.2 Å². The van der Waals surface area contributed by atoms with Gasteiger partial charge in [0.05, 0.1) is 41.7 Å². The molecule has 1 saturated heterocycles. The fourth-order valence-electron chi connectivity index (χ4n) is 6.55. The minimum atomic E-state index is -0.688. The van der Waals surface area contributed by atoms with Crippen LogP contribution < -0.4 is 15.4 Å². The van der Waals surface area contributed by atoms with Crippen LogP contribution in [0.3, 0.4) is 0 Å². The van der Waals surface area contributed by atoms with Crippen LogP contribution in [0.5, 0.6) is 5.75 Å². The van der Waals surface area contributed by atoms with Crippen LogP contribution in [0.1, 0.15) is 44.7 Å². The summed E-state index contributed by atoms with van der Waals surface area (Å²) in [7, 11) is 3.53. The Hall–Kier alpha value is -4.68. The number of methoxy groups -OCH3 is 1. The maximum Gasteiger partial charge on any atom is 0.410 e. The molecule has 1 atom stereocenters. The van der Waals surface area contributed by atoms with Crippen LogP contribution >= 0.6 is 23.2 Å². The first-order valence-electron chi connectivity index (χ1n) is 17.5. The third-order valence-corrected chi connectivity index (χ3v) is 9.85. The third kappa shape index (κ3) is 8.60. The summed E-state index contributed by atoms with van der Waals surface area (Å²) in [5, 5.41) is 17.3. The highest BCUT2D eigenvalue weighted by atomic mass is 35.5. The number of amides is 2. The van der Waals surface area contributed by atoms with E-state index in [9.17, 15) is 9.59 Å². The lowest BCUT2D eigenvalue weighted by Crippen LogP contribution is -2.43. The summed E-state index contributed by atoms with van der Waals surface area (Å²) in [4.78, 5) is 36.4. The van der Waals surface area contributed by atoms with E-state index in [0.717, 1.165) is 44.5 Å². The van der Waals surface area contributed by atoms with Crippen LogP contribution in [-0.2, 0) is 29.7 Å². The van der Waals surface area contributed by atoms with Gasteiger partial charge in [0.25, 0.3) is 0 Å². The van der Waals surface area contributed by atoms with Gasteiger partial charge in [0.15, 0.2) is 0 Å². The molecule has 4 heterocycles. The Labute approximate surface area is 319 Å². The zero-order valence-corrected chi connectivity index (χ0v) is 32.0. The number of nitrogens with one attached hydrogen (secondary N) is 2. The number of hydrogen-bond acceptors (Lipinski definition) is 8. The fourth-order valence-corrected chi connectivity index (χ4v) is 7.20.